The minimum Gasteiger partial charge on any atom is -0.341 e. The highest BCUT2D eigenvalue weighted by atomic mass is 35.5. The molecule has 0 aliphatic heterocycles. The second kappa shape index (κ2) is 3.75. The summed E-state index contributed by atoms with van der Waals surface area (Å²) < 4.78 is -0.521. The van der Waals surface area contributed by atoms with Crippen LogP contribution in [-0.4, -0.2) is 30.0 Å². The van der Waals surface area contributed by atoms with Crippen molar-refractivity contribution in [3.8, 4) is 0 Å². The quantitative estimate of drug-likeness (QED) is 0.531. The fourth-order valence-corrected chi connectivity index (χ4v) is 3.37. The third kappa shape index (κ3) is 1.87. The van der Waals surface area contributed by atoms with Gasteiger partial charge in [0.2, 0.25) is 0 Å². The van der Waals surface area contributed by atoms with Crippen LogP contribution in [0.2, 0.25) is 0 Å². The van der Waals surface area contributed by atoms with E-state index in [4.69, 9.17) is 23.2 Å². The predicted molar refractivity (Wildman–Crippen MR) is 65.0 cm³/mol. The van der Waals surface area contributed by atoms with Crippen LogP contribution in [0.15, 0.2) is 17.7 Å². The third-order valence-corrected chi connectivity index (χ3v) is 4.64. The van der Waals surface area contributed by atoms with Crippen molar-refractivity contribution in [2.75, 3.05) is 5.75 Å². The number of aromatic amines is 1. The molecule has 1 atom stereocenters. The molecule has 1 N–H and O–H groups in total. The summed E-state index contributed by atoms with van der Waals surface area (Å²) in [5.41, 5.74) is 1.57. The van der Waals surface area contributed by atoms with Crippen LogP contribution in [-0.2, 0) is 0 Å². The third-order valence-electron chi connectivity index (χ3n) is 2.57. The summed E-state index contributed by atoms with van der Waals surface area (Å²) in [5, 5.41) is 0.901. The molecule has 0 spiro atoms. The predicted octanol–water partition coefficient (Wildman–Crippen LogP) is 2.64. The van der Waals surface area contributed by atoms with Gasteiger partial charge in [0, 0.05) is 11.7 Å². The van der Waals surface area contributed by atoms with Gasteiger partial charge in [-0.15, -0.1) is 35.0 Å². The molecule has 4 nitrogen and oxygen atoms in total. The largest absolute Gasteiger partial charge is 0.341 e. The minimum absolute atomic E-state index is 0.355. The Morgan fingerprint density at radius 2 is 2.25 bits per heavy atom. The van der Waals surface area contributed by atoms with Gasteiger partial charge in [-0.1, -0.05) is 0 Å². The minimum atomic E-state index is -0.521. The number of rotatable bonds is 3. The summed E-state index contributed by atoms with van der Waals surface area (Å²) in [6.45, 7) is 0. The highest BCUT2D eigenvalue weighted by molar-refractivity contribution is 7.99. The van der Waals surface area contributed by atoms with E-state index in [0.29, 0.717) is 11.6 Å². The first-order valence-electron chi connectivity index (χ1n) is 4.81. The Hall–Kier alpha value is -0.520. The zero-order chi connectivity index (χ0) is 11.2. The molecular formula is C9H8Cl2N4S. The summed E-state index contributed by atoms with van der Waals surface area (Å²) in [7, 11) is 0. The lowest BCUT2D eigenvalue weighted by molar-refractivity contribution is 0.973. The lowest BCUT2D eigenvalue weighted by Crippen LogP contribution is -1.94. The van der Waals surface area contributed by atoms with Crippen LogP contribution in [0.1, 0.15) is 6.42 Å². The average Bonchev–Trinajstić information content (AvgIpc) is 2.68. The fourth-order valence-electron chi connectivity index (χ4n) is 1.48. The smallest absolute Gasteiger partial charge is 0.181 e. The molecule has 0 bridgehead atoms. The standard InChI is InChI=1S/C9H8Cl2N4S/c10-9(11)1-5(9)2-16-8-6-7(13-3-12-6)14-4-15-8/h3-5H,1-2H2,(H,12,13,14,15). The maximum Gasteiger partial charge on any atom is 0.181 e. The number of fused-ring (bicyclic) bond motifs is 1. The molecular weight excluding hydrogens is 267 g/mol. The Morgan fingerprint density at radius 1 is 1.44 bits per heavy atom. The molecule has 84 valence electrons. The van der Waals surface area contributed by atoms with Crippen molar-refractivity contribution in [3.05, 3.63) is 12.7 Å². The lowest BCUT2D eigenvalue weighted by atomic mass is 10.5. The summed E-state index contributed by atoms with van der Waals surface area (Å²) in [5.74, 6) is 1.23. The molecule has 1 unspecified atom stereocenters. The Bertz CT molecular complexity index is 527. The van der Waals surface area contributed by atoms with E-state index in [1.807, 2.05) is 0 Å². The van der Waals surface area contributed by atoms with Crippen molar-refractivity contribution in [3.63, 3.8) is 0 Å². The van der Waals surface area contributed by atoms with Gasteiger partial charge in [0.1, 0.15) is 21.2 Å². The number of alkyl halides is 2. The van der Waals surface area contributed by atoms with Crippen LogP contribution in [0, 0.1) is 5.92 Å². The second-order valence-electron chi connectivity index (χ2n) is 3.75. The first-order valence-corrected chi connectivity index (χ1v) is 6.56. The van der Waals surface area contributed by atoms with E-state index in [9.17, 15) is 0 Å². The lowest BCUT2D eigenvalue weighted by Gasteiger charge is -2.01. The maximum atomic E-state index is 5.97. The molecule has 0 saturated heterocycles. The van der Waals surface area contributed by atoms with Gasteiger partial charge in [-0.3, -0.25) is 0 Å². The van der Waals surface area contributed by atoms with Crippen LogP contribution in [0.25, 0.3) is 11.2 Å². The Morgan fingerprint density at radius 3 is 3.00 bits per heavy atom. The van der Waals surface area contributed by atoms with E-state index in [-0.39, 0.29) is 0 Å². The normalized spacial score (nSPS) is 22.5. The molecule has 2 heterocycles. The second-order valence-corrected chi connectivity index (χ2v) is 6.30. The molecule has 0 amide bonds. The number of hydrogen-bond acceptors (Lipinski definition) is 4. The van der Waals surface area contributed by atoms with E-state index in [0.717, 1.165) is 22.7 Å². The van der Waals surface area contributed by atoms with E-state index < -0.39 is 4.33 Å². The Labute approximate surface area is 106 Å². The topological polar surface area (TPSA) is 54.5 Å². The molecule has 1 aliphatic rings. The van der Waals surface area contributed by atoms with Gasteiger partial charge >= 0.3 is 0 Å². The molecule has 2 aromatic rings. The summed E-state index contributed by atoms with van der Waals surface area (Å²) in [6.07, 6.45) is 4.00. The highest BCUT2D eigenvalue weighted by Gasteiger charge is 2.51. The Balaban J connectivity index is 1.77. The molecule has 2 aromatic heterocycles. The van der Waals surface area contributed by atoms with Crippen molar-refractivity contribution < 1.29 is 0 Å². The van der Waals surface area contributed by atoms with Gasteiger partial charge in [-0.25, -0.2) is 15.0 Å². The zero-order valence-corrected chi connectivity index (χ0v) is 10.5. The number of nitrogens with one attached hydrogen (secondary N) is 1. The van der Waals surface area contributed by atoms with Crippen molar-refractivity contribution in [2.24, 2.45) is 5.92 Å². The fraction of sp³-hybridized carbons (Fsp3) is 0.444. The number of imidazole rings is 1. The molecule has 0 radical (unpaired) electrons. The number of thioether (sulfide) groups is 1. The zero-order valence-electron chi connectivity index (χ0n) is 8.15. The van der Waals surface area contributed by atoms with Gasteiger partial charge in [0.25, 0.3) is 0 Å². The number of aromatic nitrogens is 4. The van der Waals surface area contributed by atoms with Crippen molar-refractivity contribution in [2.45, 2.75) is 15.8 Å². The number of halogens is 2. The van der Waals surface area contributed by atoms with Crippen LogP contribution in [0.4, 0.5) is 0 Å². The molecule has 1 saturated carbocycles. The SMILES string of the molecule is ClC1(Cl)CC1CSc1ncnc2nc[nH]c12. The number of hydrogen-bond donors (Lipinski definition) is 1. The van der Waals surface area contributed by atoms with Gasteiger partial charge in [0.05, 0.1) is 6.33 Å². The number of H-pyrrole nitrogens is 1. The van der Waals surface area contributed by atoms with Crippen LogP contribution < -0.4 is 0 Å². The van der Waals surface area contributed by atoms with Gasteiger partial charge in [0.15, 0.2) is 5.65 Å². The van der Waals surface area contributed by atoms with Crippen LogP contribution >= 0.6 is 35.0 Å². The first kappa shape index (κ1) is 10.6. The van der Waals surface area contributed by atoms with Crippen LogP contribution in [0.5, 0.6) is 0 Å². The van der Waals surface area contributed by atoms with Crippen molar-refractivity contribution >= 4 is 46.1 Å². The summed E-state index contributed by atoms with van der Waals surface area (Å²) in [6, 6.07) is 0. The summed E-state index contributed by atoms with van der Waals surface area (Å²) >= 11 is 13.6. The van der Waals surface area contributed by atoms with Gasteiger partial charge in [-0.2, -0.15) is 0 Å². The highest BCUT2D eigenvalue weighted by Crippen LogP contribution is 2.54. The molecule has 3 rings (SSSR count). The first-order chi connectivity index (χ1) is 7.67. The van der Waals surface area contributed by atoms with Crippen molar-refractivity contribution in [1.82, 2.24) is 19.9 Å². The number of nitrogens with zero attached hydrogens (tertiary/aromatic N) is 3. The molecule has 7 heteroatoms. The van der Waals surface area contributed by atoms with E-state index in [1.165, 1.54) is 6.33 Å². The maximum absolute atomic E-state index is 5.97. The molecule has 1 fully saturated rings. The summed E-state index contributed by atoms with van der Waals surface area (Å²) in [4.78, 5) is 15.4. The molecule has 16 heavy (non-hydrogen) atoms. The van der Waals surface area contributed by atoms with Crippen molar-refractivity contribution in [1.29, 1.82) is 0 Å². The average molecular weight is 275 g/mol. The van der Waals surface area contributed by atoms with E-state index in [1.54, 1.807) is 18.1 Å². The molecule has 0 aromatic carbocycles. The van der Waals surface area contributed by atoms with Gasteiger partial charge < -0.3 is 4.98 Å². The molecule has 1 aliphatic carbocycles. The Kier molecular flexibility index (Phi) is 2.49. The van der Waals surface area contributed by atoms with E-state index >= 15 is 0 Å². The monoisotopic (exact) mass is 274 g/mol. The van der Waals surface area contributed by atoms with Gasteiger partial charge in [-0.05, 0) is 6.42 Å². The van der Waals surface area contributed by atoms with E-state index in [2.05, 4.69) is 19.9 Å². The van der Waals surface area contributed by atoms with Crippen LogP contribution in [0.3, 0.4) is 0 Å².